The van der Waals surface area contributed by atoms with Crippen LogP contribution in [0.2, 0.25) is 0 Å². The van der Waals surface area contributed by atoms with Crippen molar-refractivity contribution in [2.45, 2.75) is 56.7 Å². The van der Waals surface area contributed by atoms with Gasteiger partial charge in [-0.3, -0.25) is 19.5 Å². The van der Waals surface area contributed by atoms with Crippen molar-refractivity contribution in [2.24, 2.45) is 4.99 Å². The summed E-state index contributed by atoms with van der Waals surface area (Å²) in [4.78, 5) is 29.4. The minimum absolute atomic E-state index is 0.0634. The van der Waals surface area contributed by atoms with Crippen LogP contribution < -0.4 is 0 Å². The first-order valence-corrected chi connectivity index (χ1v) is 7.77. The van der Waals surface area contributed by atoms with Gasteiger partial charge in [0.05, 0.1) is 6.42 Å². The second kappa shape index (κ2) is 6.41. The average Bonchev–Trinajstić information content (AvgIpc) is 2.67. The van der Waals surface area contributed by atoms with Crippen LogP contribution in [0, 0.1) is 0 Å². The van der Waals surface area contributed by atoms with E-state index in [1.54, 1.807) is 4.90 Å². The number of carbonyl (C=O) groups is 2. The molecular weight excluding hydrogens is 264 g/mol. The summed E-state index contributed by atoms with van der Waals surface area (Å²) in [7, 11) is 0. The summed E-state index contributed by atoms with van der Waals surface area (Å²) in [6.07, 6.45) is 5.41. The van der Waals surface area contributed by atoms with Crippen LogP contribution in [0.25, 0.3) is 0 Å². The van der Waals surface area contributed by atoms with E-state index in [0.717, 1.165) is 30.9 Å². The summed E-state index contributed by atoms with van der Waals surface area (Å²) in [6, 6.07) is 0.220. The minimum atomic E-state index is -0.924. The van der Waals surface area contributed by atoms with Crippen molar-refractivity contribution in [3.63, 3.8) is 0 Å². The van der Waals surface area contributed by atoms with Crippen molar-refractivity contribution >= 4 is 28.8 Å². The van der Waals surface area contributed by atoms with Crippen LogP contribution in [0.15, 0.2) is 4.99 Å². The summed E-state index contributed by atoms with van der Waals surface area (Å²) in [5.41, 5.74) is 0. The van der Waals surface area contributed by atoms with Gasteiger partial charge in [0.2, 0.25) is 5.91 Å². The Bertz CT molecular complexity index is 391. The smallest absolute Gasteiger partial charge is 0.305 e. The third-order valence-corrected chi connectivity index (χ3v) is 4.75. The minimum Gasteiger partial charge on any atom is -0.481 e. The number of nitrogens with zero attached hydrogens (tertiary/aromatic N) is 2. The zero-order valence-electron chi connectivity index (χ0n) is 11.2. The third kappa shape index (κ3) is 3.29. The van der Waals surface area contributed by atoms with E-state index in [1.807, 2.05) is 6.92 Å². The quantitative estimate of drug-likeness (QED) is 0.858. The number of carbonyl (C=O) groups excluding carboxylic acids is 1. The Labute approximate surface area is 117 Å². The fraction of sp³-hybridized carbons (Fsp3) is 0.769. The lowest BCUT2D eigenvalue weighted by Gasteiger charge is -2.30. The highest BCUT2D eigenvalue weighted by molar-refractivity contribution is 8.15. The lowest BCUT2D eigenvalue weighted by molar-refractivity contribution is -0.139. The number of hydrogen-bond acceptors (Lipinski definition) is 4. The molecule has 5 nitrogen and oxygen atoms in total. The molecule has 0 bridgehead atoms. The first-order chi connectivity index (χ1) is 9.13. The molecule has 1 saturated carbocycles. The van der Waals surface area contributed by atoms with E-state index >= 15 is 0 Å². The predicted octanol–water partition coefficient (Wildman–Crippen LogP) is 2.11. The van der Waals surface area contributed by atoms with Crippen molar-refractivity contribution in [3.05, 3.63) is 0 Å². The van der Waals surface area contributed by atoms with Gasteiger partial charge in [-0.05, 0) is 19.8 Å². The normalized spacial score (nSPS) is 27.2. The highest BCUT2D eigenvalue weighted by Crippen LogP contribution is 2.35. The Balaban J connectivity index is 2.15. The number of carboxylic acids is 1. The van der Waals surface area contributed by atoms with Crippen LogP contribution in [0.5, 0.6) is 0 Å². The van der Waals surface area contributed by atoms with Gasteiger partial charge >= 0.3 is 5.97 Å². The van der Waals surface area contributed by atoms with Gasteiger partial charge < -0.3 is 5.11 Å². The standard InChI is InChI=1S/C13H20N2O3S/c1-2-14-13-15(9-6-4-3-5-7-9)12(18)10(19-13)8-11(16)17/h9-10H,2-8H2,1H3,(H,16,17). The fourth-order valence-electron chi connectivity index (χ4n) is 2.70. The van der Waals surface area contributed by atoms with E-state index in [-0.39, 0.29) is 18.4 Å². The largest absolute Gasteiger partial charge is 0.481 e. The lowest BCUT2D eigenvalue weighted by Crippen LogP contribution is -2.42. The lowest BCUT2D eigenvalue weighted by atomic mass is 9.94. The molecule has 2 rings (SSSR count). The zero-order valence-corrected chi connectivity index (χ0v) is 12.0. The van der Waals surface area contributed by atoms with E-state index in [1.165, 1.54) is 18.2 Å². The monoisotopic (exact) mass is 284 g/mol. The number of amidine groups is 1. The van der Waals surface area contributed by atoms with Gasteiger partial charge in [0, 0.05) is 12.6 Å². The Morgan fingerprint density at radius 1 is 1.42 bits per heavy atom. The maximum atomic E-state index is 12.4. The highest BCUT2D eigenvalue weighted by atomic mass is 32.2. The van der Waals surface area contributed by atoms with Crippen LogP contribution >= 0.6 is 11.8 Å². The van der Waals surface area contributed by atoms with Crippen molar-refractivity contribution in [1.82, 2.24) is 4.90 Å². The van der Waals surface area contributed by atoms with Gasteiger partial charge in [-0.15, -0.1) is 0 Å². The number of amides is 1. The van der Waals surface area contributed by atoms with Crippen LogP contribution in [-0.2, 0) is 9.59 Å². The fourth-order valence-corrected chi connectivity index (χ4v) is 3.95. The Kier molecular flexibility index (Phi) is 4.85. The molecule has 6 heteroatoms. The molecule has 1 heterocycles. The molecule has 2 aliphatic rings. The first kappa shape index (κ1) is 14.4. The van der Waals surface area contributed by atoms with Crippen LogP contribution in [-0.4, -0.2) is 44.9 Å². The maximum Gasteiger partial charge on any atom is 0.305 e. The summed E-state index contributed by atoms with van der Waals surface area (Å²) in [5, 5.41) is 9.11. The van der Waals surface area contributed by atoms with E-state index in [0.29, 0.717) is 6.54 Å². The van der Waals surface area contributed by atoms with Crippen molar-refractivity contribution < 1.29 is 14.7 Å². The Morgan fingerprint density at radius 2 is 2.11 bits per heavy atom. The van der Waals surface area contributed by atoms with Gasteiger partial charge in [0.25, 0.3) is 0 Å². The topological polar surface area (TPSA) is 70.0 Å². The molecule has 1 saturated heterocycles. The van der Waals surface area contributed by atoms with Crippen molar-refractivity contribution in [1.29, 1.82) is 0 Å². The van der Waals surface area contributed by atoms with Gasteiger partial charge in [-0.25, -0.2) is 0 Å². The number of aliphatic imine (C=N–C) groups is 1. The molecule has 1 unspecified atom stereocenters. The number of aliphatic carboxylic acids is 1. The SMILES string of the molecule is CCN=C1SC(CC(=O)O)C(=O)N1C1CCCCC1. The number of carboxylic acid groups (broad SMARTS) is 1. The van der Waals surface area contributed by atoms with E-state index in [9.17, 15) is 9.59 Å². The molecule has 1 atom stereocenters. The Morgan fingerprint density at radius 3 is 2.68 bits per heavy atom. The molecule has 0 radical (unpaired) electrons. The van der Waals surface area contributed by atoms with E-state index in [2.05, 4.69) is 4.99 Å². The molecule has 0 aromatic carbocycles. The summed E-state index contributed by atoms with van der Waals surface area (Å²) in [5.74, 6) is -0.987. The molecule has 19 heavy (non-hydrogen) atoms. The van der Waals surface area contributed by atoms with E-state index < -0.39 is 11.2 Å². The molecule has 0 aromatic rings. The molecule has 1 amide bonds. The predicted molar refractivity (Wildman–Crippen MR) is 75.3 cm³/mol. The molecule has 1 aliphatic heterocycles. The second-order valence-electron chi connectivity index (χ2n) is 4.96. The second-order valence-corrected chi connectivity index (χ2v) is 6.13. The van der Waals surface area contributed by atoms with E-state index in [4.69, 9.17) is 5.11 Å². The highest BCUT2D eigenvalue weighted by Gasteiger charge is 2.42. The third-order valence-electron chi connectivity index (χ3n) is 3.56. The Hall–Kier alpha value is -1.04. The molecule has 1 aliphatic carbocycles. The summed E-state index contributed by atoms with van der Waals surface area (Å²) >= 11 is 1.32. The molecular formula is C13H20N2O3S. The molecule has 106 valence electrons. The van der Waals surface area contributed by atoms with Gasteiger partial charge in [0.15, 0.2) is 5.17 Å². The van der Waals surface area contributed by atoms with Crippen LogP contribution in [0.3, 0.4) is 0 Å². The molecule has 2 fully saturated rings. The number of rotatable bonds is 4. The van der Waals surface area contributed by atoms with Crippen LogP contribution in [0.4, 0.5) is 0 Å². The molecule has 0 aromatic heterocycles. The van der Waals surface area contributed by atoms with Gasteiger partial charge in [0.1, 0.15) is 5.25 Å². The molecule has 0 spiro atoms. The summed E-state index contributed by atoms with van der Waals surface area (Å²) < 4.78 is 0. The van der Waals surface area contributed by atoms with Crippen LogP contribution in [0.1, 0.15) is 45.4 Å². The molecule has 1 N–H and O–H groups in total. The zero-order chi connectivity index (χ0) is 13.8. The number of hydrogen-bond donors (Lipinski definition) is 1. The van der Waals surface area contributed by atoms with Gasteiger partial charge in [-0.2, -0.15) is 0 Å². The summed E-state index contributed by atoms with van der Waals surface area (Å²) in [6.45, 7) is 2.56. The van der Waals surface area contributed by atoms with Crippen molar-refractivity contribution in [3.8, 4) is 0 Å². The average molecular weight is 284 g/mol. The van der Waals surface area contributed by atoms with Crippen molar-refractivity contribution in [2.75, 3.05) is 6.54 Å². The maximum absolute atomic E-state index is 12.4. The number of thioether (sulfide) groups is 1. The van der Waals surface area contributed by atoms with Gasteiger partial charge in [-0.1, -0.05) is 31.0 Å². The first-order valence-electron chi connectivity index (χ1n) is 6.89.